The van der Waals surface area contributed by atoms with Crippen molar-refractivity contribution in [1.82, 2.24) is 38.7 Å². The number of anilines is 1. The van der Waals surface area contributed by atoms with Gasteiger partial charge < -0.3 is 43.3 Å². The lowest BCUT2D eigenvalue weighted by Gasteiger charge is -2.11. The number of nitrogen functional groups attached to an aromatic ring is 1. The third-order valence-corrected chi connectivity index (χ3v) is 12.0. The molecule has 0 radical (unpaired) electrons. The lowest BCUT2D eigenvalue weighted by Crippen LogP contribution is -2.17. The van der Waals surface area contributed by atoms with Gasteiger partial charge in [-0.3, -0.25) is 19.2 Å². The minimum Gasteiger partial charge on any atom is -0.493 e. The third kappa shape index (κ3) is 20.3. The molecule has 0 saturated heterocycles. The standard InChI is InChI=1S/C20H18F3N3O4.C18H16F3N3O3.C15H14F3N3O2.C5H7BrO3/c1-3-29-16-9-18-25-14(19(28)30-4-2)11-26(18)10-12(16)8-15(27)13-6-5-7-17(24-13)20(21,22)23;1-2-27-15-7-17-22-12(10-25)9-24(17)8-11(15)6-14(26)13-4-3-5-16(23-13)18(19,20)21;1-2-23-12-7-14(19)20-8-9(12)6-11(22)10-4-3-5-13(21-10)15(16,17)18;1-2-9-5(8)4(7)3-6/h5-7,9-11H,3-4,8H2,1-2H3;3-5,7-9,25H,2,6,10H2,1H3;3-5,7-8H,2,6H2,1H3,(H2,19,20);2-3H2,1H3. The maximum Gasteiger partial charge on any atom is 0.433 e. The van der Waals surface area contributed by atoms with Gasteiger partial charge in [-0.05, 0) is 71.0 Å². The molecule has 0 saturated carbocycles. The number of aromatic nitrogens is 8. The van der Waals surface area contributed by atoms with E-state index in [0.29, 0.717) is 70.7 Å². The van der Waals surface area contributed by atoms with Crippen molar-refractivity contribution < 1.29 is 97.1 Å². The Bertz CT molecular complexity index is 3800. The molecule has 3 N–H and O–H groups in total. The van der Waals surface area contributed by atoms with Crippen molar-refractivity contribution in [1.29, 1.82) is 0 Å². The van der Waals surface area contributed by atoms with Crippen LogP contribution in [0.15, 0.2) is 104 Å². The number of esters is 2. The number of aliphatic hydroxyl groups is 1. The molecule has 0 fully saturated rings. The molecule has 0 aliphatic rings. The number of carbonyl (C=O) groups excluding carboxylic acids is 6. The Hall–Kier alpha value is -9.39. The van der Waals surface area contributed by atoms with Gasteiger partial charge in [-0.15, -0.1) is 0 Å². The number of halogens is 10. The first-order chi connectivity index (χ1) is 42.1. The molecule has 0 spiro atoms. The number of fused-ring (bicyclic) bond motifs is 2. The Morgan fingerprint density at radius 3 is 1.31 bits per heavy atom. The maximum absolute atomic E-state index is 12.9. The lowest BCUT2D eigenvalue weighted by molar-refractivity contribution is -0.152. The van der Waals surface area contributed by atoms with Gasteiger partial charge >= 0.3 is 30.5 Å². The Morgan fingerprint density at radius 2 is 0.921 bits per heavy atom. The Kier molecular flexibility index (Phi) is 25.3. The van der Waals surface area contributed by atoms with E-state index >= 15 is 0 Å². The second-order valence-corrected chi connectivity index (χ2v) is 18.5. The molecular weight excluding hydrogens is 1270 g/mol. The maximum atomic E-state index is 12.9. The zero-order valence-electron chi connectivity index (χ0n) is 47.8. The van der Waals surface area contributed by atoms with E-state index < -0.39 is 70.7 Å². The Labute approximate surface area is 508 Å². The Morgan fingerprint density at radius 1 is 0.517 bits per heavy atom. The second kappa shape index (κ2) is 32.0. The number of aliphatic hydroxyl groups excluding tert-OH is 1. The summed E-state index contributed by atoms with van der Waals surface area (Å²) in [6.07, 6.45) is -6.92. The van der Waals surface area contributed by atoms with E-state index in [1.54, 1.807) is 69.7 Å². The SMILES string of the molecule is CCOC(=O)C(=O)CBr.CCOC(=O)c1cn2cc(CC(=O)c3cccc(C(F)(F)F)n3)c(OCC)cc2n1.CCOc1cc(N)ncc1CC(=O)c1cccc(C(F)(F)F)n1.CCOc1cc2nc(CO)cn2cc1CC(=O)c1cccc(C(F)(F)F)n1. The summed E-state index contributed by atoms with van der Waals surface area (Å²) in [5, 5.41) is 9.24. The number of nitrogens with zero attached hydrogens (tertiary/aromatic N) is 8. The van der Waals surface area contributed by atoms with Gasteiger partial charge in [-0.1, -0.05) is 34.1 Å². The summed E-state index contributed by atoms with van der Waals surface area (Å²) in [5.74, 6) is -2.30. The Balaban J connectivity index is 0.000000228. The van der Waals surface area contributed by atoms with Crippen LogP contribution in [0.3, 0.4) is 0 Å². The van der Waals surface area contributed by atoms with E-state index in [1.807, 2.05) is 0 Å². The van der Waals surface area contributed by atoms with Gasteiger partial charge in [-0.25, -0.2) is 39.5 Å². The fourth-order valence-electron chi connectivity index (χ4n) is 7.60. The summed E-state index contributed by atoms with van der Waals surface area (Å²) in [6.45, 7) is 9.80. The van der Waals surface area contributed by atoms with Crippen molar-refractivity contribution in [2.75, 3.05) is 44.1 Å². The number of Topliss-reactive ketones (excluding diaryl/α,β-unsaturated/α-hetero) is 4. The van der Waals surface area contributed by atoms with Gasteiger partial charge in [0, 0.05) is 85.1 Å². The summed E-state index contributed by atoms with van der Waals surface area (Å²) >= 11 is 2.83. The van der Waals surface area contributed by atoms with Crippen molar-refractivity contribution in [2.24, 2.45) is 0 Å². The van der Waals surface area contributed by atoms with Crippen LogP contribution in [-0.4, -0.2) is 117 Å². The van der Waals surface area contributed by atoms with Crippen LogP contribution in [-0.2, 0) is 63.5 Å². The van der Waals surface area contributed by atoms with Gasteiger partial charge in [0.05, 0.1) is 50.7 Å². The summed E-state index contributed by atoms with van der Waals surface area (Å²) < 4.78 is 144. The number of alkyl halides is 10. The fraction of sp³-hybridized carbons (Fsp3) is 0.310. The molecule has 474 valence electrons. The zero-order chi connectivity index (χ0) is 65.8. The van der Waals surface area contributed by atoms with Crippen LogP contribution in [0, 0.1) is 0 Å². The van der Waals surface area contributed by atoms with Crippen LogP contribution in [0.1, 0.15) is 116 Å². The average molecular weight is 1320 g/mol. The van der Waals surface area contributed by atoms with Gasteiger partial charge in [0.25, 0.3) is 0 Å². The van der Waals surface area contributed by atoms with Crippen LogP contribution < -0.4 is 19.9 Å². The first-order valence-corrected chi connectivity index (χ1v) is 27.6. The van der Waals surface area contributed by atoms with E-state index in [4.69, 9.17) is 24.7 Å². The van der Waals surface area contributed by atoms with Crippen molar-refractivity contribution in [3.63, 3.8) is 0 Å². The first-order valence-electron chi connectivity index (χ1n) is 26.5. The zero-order valence-corrected chi connectivity index (χ0v) is 49.3. The van der Waals surface area contributed by atoms with E-state index in [9.17, 15) is 73.4 Å². The smallest absolute Gasteiger partial charge is 0.433 e. The largest absolute Gasteiger partial charge is 0.493 e. The lowest BCUT2D eigenvalue weighted by atomic mass is 10.1. The number of hydrogen-bond donors (Lipinski definition) is 2. The van der Waals surface area contributed by atoms with Gasteiger partial charge in [0.1, 0.15) is 68.5 Å². The highest BCUT2D eigenvalue weighted by Gasteiger charge is 2.35. The number of ketones is 4. The summed E-state index contributed by atoms with van der Waals surface area (Å²) in [4.78, 5) is 92.4. The molecule has 0 atom stereocenters. The van der Waals surface area contributed by atoms with Crippen molar-refractivity contribution >= 4 is 68.1 Å². The molecule has 8 aromatic rings. The molecule has 8 heterocycles. The number of hydrogen-bond acceptors (Lipinski definition) is 19. The van der Waals surface area contributed by atoms with E-state index in [0.717, 1.165) is 36.4 Å². The first kappa shape index (κ1) is 70.4. The summed E-state index contributed by atoms with van der Waals surface area (Å²) in [6, 6.07) is 14.2. The molecule has 0 unspecified atom stereocenters. The molecule has 89 heavy (non-hydrogen) atoms. The topological polar surface area (TPSA) is 281 Å². The van der Waals surface area contributed by atoms with E-state index in [2.05, 4.69) is 50.6 Å². The number of imidazole rings is 2. The molecule has 0 amide bonds. The average Bonchev–Trinajstić information content (AvgIpc) is 2.00. The van der Waals surface area contributed by atoms with Crippen molar-refractivity contribution in [2.45, 2.75) is 79.0 Å². The highest BCUT2D eigenvalue weighted by molar-refractivity contribution is 9.09. The molecule has 8 aromatic heterocycles. The van der Waals surface area contributed by atoms with E-state index in [-0.39, 0.29) is 73.0 Å². The van der Waals surface area contributed by atoms with E-state index in [1.165, 1.54) is 41.1 Å². The summed E-state index contributed by atoms with van der Waals surface area (Å²) in [5.41, 5.74) is 4.15. The summed E-state index contributed by atoms with van der Waals surface area (Å²) in [7, 11) is 0. The van der Waals surface area contributed by atoms with Crippen LogP contribution in [0.5, 0.6) is 17.2 Å². The number of rotatable bonds is 21. The van der Waals surface area contributed by atoms with Crippen molar-refractivity contribution in [3.8, 4) is 17.2 Å². The number of ether oxygens (including phenoxy) is 5. The normalized spacial score (nSPS) is 11.2. The fourth-order valence-corrected chi connectivity index (χ4v) is 7.83. The molecule has 31 heteroatoms. The van der Waals surface area contributed by atoms with Crippen LogP contribution in [0.2, 0.25) is 0 Å². The van der Waals surface area contributed by atoms with Gasteiger partial charge in [0.15, 0.2) is 23.0 Å². The monoisotopic (exact) mass is 1320 g/mol. The molecule has 0 aliphatic carbocycles. The van der Waals surface area contributed by atoms with Crippen LogP contribution in [0.25, 0.3) is 11.3 Å². The van der Waals surface area contributed by atoms with Gasteiger partial charge in [0.2, 0.25) is 5.78 Å². The third-order valence-electron chi connectivity index (χ3n) is 11.5. The molecular formula is C58H55BrF9N9O12. The minimum absolute atomic E-state index is 0.0336. The molecule has 0 aliphatic heterocycles. The van der Waals surface area contributed by atoms with Crippen LogP contribution >= 0.6 is 15.9 Å². The second-order valence-electron chi connectivity index (χ2n) is 17.9. The predicted molar refractivity (Wildman–Crippen MR) is 302 cm³/mol. The number of pyridine rings is 6. The minimum atomic E-state index is -4.65. The van der Waals surface area contributed by atoms with Crippen molar-refractivity contribution in [3.05, 3.63) is 166 Å². The highest BCUT2D eigenvalue weighted by Crippen LogP contribution is 2.32. The molecule has 0 aromatic carbocycles. The number of nitrogens with two attached hydrogens (primary N) is 1. The molecule has 0 bridgehead atoms. The van der Waals surface area contributed by atoms with Crippen LogP contribution in [0.4, 0.5) is 45.3 Å². The quantitative estimate of drug-likeness (QED) is 0.0222. The molecule has 21 nitrogen and oxygen atoms in total. The van der Waals surface area contributed by atoms with Gasteiger partial charge in [-0.2, -0.15) is 39.5 Å². The highest BCUT2D eigenvalue weighted by atomic mass is 79.9. The number of carbonyl (C=O) groups is 6. The molecule has 8 rings (SSSR count). The predicted octanol–water partition coefficient (Wildman–Crippen LogP) is 10.2.